The van der Waals surface area contributed by atoms with E-state index in [0.717, 1.165) is 16.7 Å². The minimum Gasteiger partial charge on any atom is -0.388 e. The van der Waals surface area contributed by atoms with Crippen molar-refractivity contribution in [2.75, 3.05) is 11.9 Å². The van der Waals surface area contributed by atoms with E-state index in [4.69, 9.17) is 0 Å². The number of aliphatic hydroxyl groups is 1. The molecule has 2 aromatic rings. The van der Waals surface area contributed by atoms with E-state index in [2.05, 4.69) is 5.32 Å². The molecule has 0 fully saturated rings. The lowest BCUT2D eigenvalue weighted by Crippen LogP contribution is -2.09. The summed E-state index contributed by atoms with van der Waals surface area (Å²) in [6.07, 6.45) is 0.00713. The lowest BCUT2D eigenvalue weighted by atomic mass is 9.99. The average molecular weight is 273 g/mol. The molecule has 0 aromatic heterocycles. The molecule has 0 heterocycles. The SMILES string of the molecule is Cc1ccc(C)c(C(O)CCNc2ccccc2F)c1. The summed E-state index contributed by atoms with van der Waals surface area (Å²) >= 11 is 0. The minimum absolute atomic E-state index is 0.270. The first kappa shape index (κ1) is 14.5. The van der Waals surface area contributed by atoms with Crippen molar-refractivity contribution in [2.24, 2.45) is 0 Å². The fourth-order valence-electron chi connectivity index (χ4n) is 2.22. The van der Waals surface area contributed by atoms with Gasteiger partial charge >= 0.3 is 0 Å². The molecule has 0 radical (unpaired) electrons. The van der Waals surface area contributed by atoms with Crippen LogP contribution in [0.4, 0.5) is 10.1 Å². The molecule has 1 atom stereocenters. The Hall–Kier alpha value is -1.87. The first-order valence-electron chi connectivity index (χ1n) is 6.81. The van der Waals surface area contributed by atoms with Crippen molar-refractivity contribution in [3.05, 3.63) is 65.0 Å². The van der Waals surface area contributed by atoms with Crippen molar-refractivity contribution in [1.82, 2.24) is 0 Å². The van der Waals surface area contributed by atoms with E-state index in [1.54, 1.807) is 18.2 Å². The van der Waals surface area contributed by atoms with Crippen molar-refractivity contribution < 1.29 is 9.50 Å². The largest absolute Gasteiger partial charge is 0.388 e. The van der Waals surface area contributed by atoms with E-state index in [1.807, 2.05) is 32.0 Å². The maximum atomic E-state index is 13.4. The van der Waals surface area contributed by atoms with Crippen LogP contribution in [-0.4, -0.2) is 11.7 Å². The van der Waals surface area contributed by atoms with Crippen LogP contribution in [0.3, 0.4) is 0 Å². The van der Waals surface area contributed by atoms with Crippen LogP contribution in [0.1, 0.15) is 29.2 Å². The van der Waals surface area contributed by atoms with Gasteiger partial charge in [0, 0.05) is 6.54 Å². The third-order valence-electron chi connectivity index (χ3n) is 3.40. The van der Waals surface area contributed by atoms with Crippen molar-refractivity contribution in [1.29, 1.82) is 0 Å². The van der Waals surface area contributed by atoms with Gasteiger partial charge in [0.15, 0.2) is 0 Å². The Kier molecular flexibility index (Phi) is 4.74. The molecule has 0 amide bonds. The van der Waals surface area contributed by atoms with Crippen molar-refractivity contribution in [3.63, 3.8) is 0 Å². The zero-order chi connectivity index (χ0) is 14.5. The highest BCUT2D eigenvalue weighted by molar-refractivity contribution is 5.44. The molecule has 0 aliphatic carbocycles. The fraction of sp³-hybridized carbons (Fsp3) is 0.294. The van der Waals surface area contributed by atoms with Crippen LogP contribution in [0.5, 0.6) is 0 Å². The minimum atomic E-state index is -0.533. The van der Waals surface area contributed by atoms with Crippen molar-refractivity contribution in [3.8, 4) is 0 Å². The van der Waals surface area contributed by atoms with Crippen LogP contribution in [-0.2, 0) is 0 Å². The normalized spacial score (nSPS) is 12.2. The van der Waals surface area contributed by atoms with E-state index in [1.165, 1.54) is 6.07 Å². The van der Waals surface area contributed by atoms with Gasteiger partial charge in [-0.3, -0.25) is 0 Å². The van der Waals surface area contributed by atoms with Gasteiger partial charge in [-0.2, -0.15) is 0 Å². The molecule has 0 aliphatic heterocycles. The first-order chi connectivity index (χ1) is 9.58. The highest BCUT2D eigenvalue weighted by Gasteiger charge is 2.10. The van der Waals surface area contributed by atoms with E-state index >= 15 is 0 Å². The predicted octanol–water partition coefficient (Wildman–Crippen LogP) is 3.98. The number of rotatable bonds is 5. The summed E-state index contributed by atoms with van der Waals surface area (Å²) in [5, 5.41) is 13.3. The summed E-state index contributed by atoms with van der Waals surface area (Å²) in [7, 11) is 0. The molecule has 0 saturated carbocycles. The fourth-order valence-corrected chi connectivity index (χ4v) is 2.22. The quantitative estimate of drug-likeness (QED) is 0.863. The summed E-state index contributed by atoms with van der Waals surface area (Å²) in [4.78, 5) is 0. The molecule has 0 saturated heterocycles. The Morgan fingerprint density at radius 3 is 2.65 bits per heavy atom. The van der Waals surface area contributed by atoms with Gasteiger partial charge in [0.05, 0.1) is 11.8 Å². The Balaban J connectivity index is 1.94. The van der Waals surface area contributed by atoms with Crippen LogP contribution in [0, 0.1) is 19.7 Å². The summed E-state index contributed by atoms with van der Waals surface area (Å²) in [5.41, 5.74) is 3.63. The molecule has 3 heteroatoms. The molecular weight excluding hydrogens is 253 g/mol. The van der Waals surface area contributed by atoms with E-state index in [-0.39, 0.29) is 5.82 Å². The Bertz CT molecular complexity index is 583. The molecule has 2 nitrogen and oxygen atoms in total. The van der Waals surface area contributed by atoms with Crippen LogP contribution in [0.15, 0.2) is 42.5 Å². The molecule has 2 aromatic carbocycles. The summed E-state index contributed by atoms with van der Waals surface area (Å²) in [5.74, 6) is -0.270. The second-order valence-electron chi connectivity index (χ2n) is 5.07. The highest BCUT2D eigenvalue weighted by Crippen LogP contribution is 2.22. The smallest absolute Gasteiger partial charge is 0.146 e. The number of para-hydroxylation sites is 1. The molecular formula is C17H20FNO. The number of benzene rings is 2. The van der Waals surface area contributed by atoms with Crippen molar-refractivity contribution in [2.45, 2.75) is 26.4 Å². The second kappa shape index (κ2) is 6.53. The van der Waals surface area contributed by atoms with Gasteiger partial charge in [-0.05, 0) is 43.5 Å². The van der Waals surface area contributed by atoms with E-state index < -0.39 is 6.10 Å². The van der Waals surface area contributed by atoms with Gasteiger partial charge in [0.2, 0.25) is 0 Å². The Morgan fingerprint density at radius 2 is 1.90 bits per heavy atom. The topological polar surface area (TPSA) is 32.3 Å². The maximum absolute atomic E-state index is 13.4. The number of aliphatic hydroxyl groups excluding tert-OH is 1. The number of halogens is 1. The van der Waals surface area contributed by atoms with Crippen molar-refractivity contribution >= 4 is 5.69 Å². The molecule has 2 N–H and O–H groups in total. The zero-order valence-electron chi connectivity index (χ0n) is 11.9. The van der Waals surface area contributed by atoms with Crippen LogP contribution >= 0.6 is 0 Å². The molecule has 1 unspecified atom stereocenters. The molecule has 106 valence electrons. The van der Waals surface area contributed by atoms with Gasteiger partial charge in [-0.15, -0.1) is 0 Å². The molecule has 0 aliphatic rings. The molecule has 0 spiro atoms. The number of hydrogen-bond donors (Lipinski definition) is 2. The number of anilines is 1. The lowest BCUT2D eigenvalue weighted by Gasteiger charge is -2.15. The molecule has 0 bridgehead atoms. The van der Waals surface area contributed by atoms with E-state index in [9.17, 15) is 9.50 Å². The average Bonchev–Trinajstić information content (AvgIpc) is 2.43. The van der Waals surface area contributed by atoms with Gasteiger partial charge < -0.3 is 10.4 Å². The van der Waals surface area contributed by atoms with Gasteiger partial charge in [0.25, 0.3) is 0 Å². The van der Waals surface area contributed by atoms with Gasteiger partial charge in [-0.25, -0.2) is 4.39 Å². The highest BCUT2D eigenvalue weighted by atomic mass is 19.1. The summed E-state index contributed by atoms with van der Waals surface area (Å²) in [6, 6.07) is 12.6. The third kappa shape index (κ3) is 3.58. The third-order valence-corrected chi connectivity index (χ3v) is 3.40. The second-order valence-corrected chi connectivity index (χ2v) is 5.07. The van der Waals surface area contributed by atoms with Gasteiger partial charge in [-0.1, -0.05) is 35.9 Å². The number of nitrogens with one attached hydrogen (secondary N) is 1. The lowest BCUT2D eigenvalue weighted by molar-refractivity contribution is 0.171. The standard InChI is InChI=1S/C17H20FNO/c1-12-7-8-13(2)14(11-12)17(20)9-10-19-16-6-4-3-5-15(16)18/h3-8,11,17,19-20H,9-10H2,1-2H3. The van der Waals surface area contributed by atoms with Gasteiger partial charge in [0.1, 0.15) is 5.82 Å². The first-order valence-corrected chi connectivity index (χ1v) is 6.81. The Morgan fingerprint density at radius 1 is 1.15 bits per heavy atom. The predicted molar refractivity (Wildman–Crippen MR) is 80.4 cm³/mol. The maximum Gasteiger partial charge on any atom is 0.146 e. The number of aryl methyl sites for hydroxylation is 2. The van der Waals surface area contributed by atoms with Crippen LogP contribution < -0.4 is 5.32 Å². The van der Waals surface area contributed by atoms with E-state index in [0.29, 0.717) is 18.7 Å². The summed E-state index contributed by atoms with van der Waals surface area (Å²) < 4.78 is 13.4. The summed E-state index contributed by atoms with van der Waals surface area (Å²) in [6.45, 7) is 4.52. The Labute approximate surface area is 119 Å². The zero-order valence-corrected chi connectivity index (χ0v) is 11.9. The number of hydrogen-bond acceptors (Lipinski definition) is 2. The van der Waals surface area contributed by atoms with Crippen LogP contribution in [0.25, 0.3) is 0 Å². The van der Waals surface area contributed by atoms with Crippen LogP contribution in [0.2, 0.25) is 0 Å². The monoisotopic (exact) mass is 273 g/mol. The molecule has 2 rings (SSSR count). The molecule has 20 heavy (non-hydrogen) atoms.